The molecule has 0 saturated carbocycles. The number of carbonyl (C=O) groups is 1. The minimum absolute atomic E-state index is 0.0640. The first-order valence-corrected chi connectivity index (χ1v) is 11.2. The molecule has 1 N–H and O–H groups in total. The smallest absolute Gasteiger partial charge is 0.229 e. The predicted molar refractivity (Wildman–Crippen MR) is 126 cm³/mol. The van der Waals surface area contributed by atoms with Gasteiger partial charge in [-0.25, -0.2) is 9.97 Å². The lowest BCUT2D eigenvalue weighted by atomic mass is 9.97. The summed E-state index contributed by atoms with van der Waals surface area (Å²) in [6, 6.07) is 18.4. The highest BCUT2D eigenvalue weighted by Crippen LogP contribution is 2.24. The van der Waals surface area contributed by atoms with Crippen LogP contribution in [0.1, 0.15) is 38.2 Å². The Balaban J connectivity index is 1.36. The van der Waals surface area contributed by atoms with E-state index in [9.17, 15) is 4.79 Å². The number of anilines is 2. The predicted octanol–water partition coefficient (Wildman–Crippen LogP) is 5.34. The van der Waals surface area contributed by atoms with Gasteiger partial charge in [-0.3, -0.25) is 4.79 Å². The number of benzene rings is 2. The Morgan fingerprint density at radius 1 is 1.03 bits per heavy atom. The summed E-state index contributed by atoms with van der Waals surface area (Å²) in [5, 5.41) is 3.09. The number of aromatic nitrogens is 2. The molecule has 31 heavy (non-hydrogen) atoms. The van der Waals surface area contributed by atoms with E-state index in [1.165, 1.54) is 18.4 Å². The van der Waals surface area contributed by atoms with Crippen molar-refractivity contribution in [2.24, 2.45) is 5.92 Å². The molecular formula is C26H30N4O. The number of carbonyl (C=O) groups excluding carboxylic acids is 1. The van der Waals surface area contributed by atoms with E-state index in [1.807, 2.05) is 42.7 Å². The average molecular weight is 415 g/mol. The van der Waals surface area contributed by atoms with Gasteiger partial charge in [0.1, 0.15) is 0 Å². The van der Waals surface area contributed by atoms with Crippen LogP contribution in [0.5, 0.6) is 0 Å². The molecule has 1 aromatic heterocycles. The van der Waals surface area contributed by atoms with Gasteiger partial charge >= 0.3 is 0 Å². The maximum absolute atomic E-state index is 12.9. The number of nitrogens with one attached hydrogen (secondary N) is 1. The number of amides is 1. The Morgan fingerprint density at radius 3 is 2.48 bits per heavy atom. The van der Waals surface area contributed by atoms with E-state index < -0.39 is 0 Å². The lowest BCUT2D eigenvalue weighted by Crippen LogP contribution is -2.41. The van der Waals surface area contributed by atoms with Gasteiger partial charge in [0.05, 0.1) is 5.92 Å². The van der Waals surface area contributed by atoms with E-state index >= 15 is 0 Å². The monoisotopic (exact) mass is 414 g/mol. The number of unbranched alkanes of at least 4 members (excludes halogenated alkanes) is 1. The van der Waals surface area contributed by atoms with E-state index in [0.717, 1.165) is 42.6 Å². The highest BCUT2D eigenvalue weighted by atomic mass is 16.1. The van der Waals surface area contributed by atoms with Crippen LogP contribution in [0.3, 0.4) is 0 Å². The van der Waals surface area contributed by atoms with Gasteiger partial charge in [-0.2, -0.15) is 0 Å². The number of hydrogen-bond donors (Lipinski definition) is 1. The zero-order chi connectivity index (χ0) is 21.5. The van der Waals surface area contributed by atoms with Gasteiger partial charge in [0.2, 0.25) is 11.9 Å². The Hall–Kier alpha value is -3.21. The van der Waals surface area contributed by atoms with E-state index in [1.54, 1.807) is 0 Å². The molecule has 1 fully saturated rings. The van der Waals surface area contributed by atoms with Crippen LogP contribution < -0.4 is 10.2 Å². The standard InChI is InChI=1S/C26H30N4O/c1-2-3-8-20-12-14-24(15-13-20)29-25(31)22-11-7-16-30(19-22)26-27-17-23(18-28-26)21-9-5-4-6-10-21/h4-6,9-10,12-15,17-18,22H,2-3,7-8,11,16,19H2,1H3,(H,29,31)/t22-/m1/s1. The molecule has 2 heterocycles. The van der Waals surface area contributed by atoms with Crippen molar-refractivity contribution in [3.8, 4) is 11.1 Å². The summed E-state index contributed by atoms with van der Waals surface area (Å²) in [4.78, 5) is 24.1. The molecule has 3 aromatic rings. The lowest BCUT2D eigenvalue weighted by molar-refractivity contribution is -0.120. The SMILES string of the molecule is CCCCc1ccc(NC(=O)[C@@H]2CCCN(c3ncc(-c4ccccc4)cn3)C2)cc1. The minimum Gasteiger partial charge on any atom is -0.340 e. The highest BCUT2D eigenvalue weighted by molar-refractivity contribution is 5.93. The number of rotatable bonds is 7. The molecule has 160 valence electrons. The summed E-state index contributed by atoms with van der Waals surface area (Å²) < 4.78 is 0. The van der Waals surface area contributed by atoms with Crippen molar-refractivity contribution in [1.82, 2.24) is 9.97 Å². The molecule has 5 heteroatoms. The molecule has 2 aromatic carbocycles. The summed E-state index contributed by atoms with van der Waals surface area (Å²) in [5.74, 6) is 0.704. The molecule has 1 atom stereocenters. The van der Waals surface area contributed by atoms with Crippen LogP contribution in [0.25, 0.3) is 11.1 Å². The fraction of sp³-hybridized carbons (Fsp3) is 0.346. The topological polar surface area (TPSA) is 58.1 Å². The van der Waals surface area contributed by atoms with Crippen LogP contribution in [0.2, 0.25) is 0 Å². The second-order valence-corrected chi connectivity index (χ2v) is 8.21. The second kappa shape index (κ2) is 10.2. The van der Waals surface area contributed by atoms with Gasteiger partial charge in [0.25, 0.3) is 0 Å². The molecule has 0 radical (unpaired) electrons. The number of hydrogen-bond acceptors (Lipinski definition) is 4. The molecular weight excluding hydrogens is 384 g/mol. The van der Waals surface area contributed by atoms with E-state index in [4.69, 9.17) is 0 Å². The normalized spacial score (nSPS) is 16.2. The van der Waals surface area contributed by atoms with Crippen molar-refractivity contribution in [2.75, 3.05) is 23.3 Å². The van der Waals surface area contributed by atoms with Crippen molar-refractivity contribution < 1.29 is 4.79 Å². The van der Waals surface area contributed by atoms with Gasteiger partial charge in [-0.15, -0.1) is 0 Å². The molecule has 1 amide bonds. The van der Waals surface area contributed by atoms with Crippen LogP contribution >= 0.6 is 0 Å². The number of nitrogens with zero attached hydrogens (tertiary/aromatic N) is 3. The summed E-state index contributed by atoms with van der Waals surface area (Å²) in [6.45, 7) is 3.72. The second-order valence-electron chi connectivity index (χ2n) is 8.21. The Labute approximate surface area is 184 Å². The third-order valence-electron chi connectivity index (χ3n) is 5.86. The fourth-order valence-electron chi connectivity index (χ4n) is 4.02. The molecule has 5 nitrogen and oxygen atoms in total. The minimum atomic E-state index is -0.0640. The zero-order valence-electron chi connectivity index (χ0n) is 18.1. The van der Waals surface area contributed by atoms with E-state index in [2.05, 4.69) is 51.4 Å². The average Bonchev–Trinajstić information content (AvgIpc) is 2.84. The van der Waals surface area contributed by atoms with E-state index in [-0.39, 0.29) is 11.8 Å². The third kappa shape index (κ3) is 5.48. The highest BCUT2D eigenvalue weighted by Gasteiger charge is 2.27. The zero-order valence-corrected chi connectivity index (χ0v) is 18.1. The summed E-state index contributed by atoms with van der Waals surface area (Å²) >= 11 is 0. The lowest BCUT2D eigenvalue weighted by Gasteiger charge is -2.32. The molecule has 0 unspecified atom stereocenters. The summed E-state index contributed by atoms with van der Waals surface area (Å²) in [7, 11) is 0. The van der Waals surface area contributed by atoms with Gasteiger partial charge < -0.3 is 10.2 Å². The maximum atomic E-state index is 12.9. The summed E-state index contributed by atoms with van der Waals surface area (Å²) in [6.07, 6.45) is 9.04. The molecule has 1 aliphatic heterocycles. The van der Waals surface area contributed by atoms with Gasteiger partial charge in [0, 0.05) is 36.7 Å². The van der Waals surface area contributed by atoms with Crippen molar-refractivity contribution in [3.05, 3.63) is 72.6 Å². The van der Waals surface area contributed by atoms with Crippen molar-refractivity contribution >= 4 is 17.5 Å². The van der Waals surface area contributed by atoms with Crippen LogP contribution in [0, 0.1) is 5.92 Å². The Kier molecular flexibility index (Phi) is 6.92. The quantitative estimate of drug-likeness (QED) is 0.567. The number of aryl methyl sites for hydroxylation is 1. The molecule has 4 rings (SSSR count). The largest absolute Gasteiger partial charge is 0.340 e. The summed E-state index contributed by atoms with van der Waals surface area (Å²) in [5.41, 5.74) is 4.29. The fourth-order valence-corrected chi connectivity index (χ4v) is 4.02. The van der Waals surface area contributed by atoms with Crippen LogP contribution in [0.15, 0.2) is 67.0 Å². The van der Waals surface area contributed by atoms with Crippen LogP contribution in [0.4, 0.5) is 11.6 Å². The van der Waals surface area contributed by atoms with Crippen molar-refractivity contribution in [2.45, 2.75) is 39.0 Å². The molecule has 1 saturated heterocycles. The van der Waals surface area contributed by atoms with Gasteiger partial charge in [0.15, 0.2) is 0 Å². The van der Waals surface area contributed by atoms with Gasteiger partial charge in [-0.05, 0) is 48.9 Å². The molecule has 0 bridgehead atoms. The molecule has 0 spiro atoms. The van der Waals surface area contributed by atoms with Crippen LogP contribution in [-0.2, 0) is 11.2 Å². The van der Waals surface area contributed by atoms with Crippen LogP contribution in [-0.4, -0.2) is 29.0 Å². The first kappa shape index (κ1) is 21.0. The van der Waals surface area contributed by atoms with Gasteiger partial charge in [-0.1, -0.05) is 55.8 Å². The van der Waals surface area contributed by atoms with E-state index in [0.29, 0.717) is 12.5 Å². The maximum Gasteiger partial charge on any atom is 0.229 e. The number of piperidine rings is 1. The molecule has 1 aliphatic rings. The first-order valence-electron chi connectivity index (χ1n) is 11.2. The van der Waals surface area contributed by atoms with Crippen molar-refractivity contribution in [1.29, 1.82) is 0 Å². The third-order valence-corrected chi connectivity index (χ3v) is 5.86. The Morgan fingerprint density at radius 2 is 1.77 bits per heavy atom. The first-order chi connectivity index (χ1) is 15.2. The molecule has 0 aliphatic carbocycles. The van der Waals surface area contributed by atoms with Crippen molar-refractivity contribution in [3.63, 3.8) is 0 Å². The Bertz CT molecular complexity index is 971.